The van der Waals surface area contributed by atoms with Crippen LogP contribution in [0.1, 0.15) is 62.1 Å². The van der Waals surface area contributed by atoms with E-state index in [0.29, 0.717) is 18.4 Å². The van der Waals surface area contributed by atoms with Crippen LogP contribution in [-0.4, -0.2) is 17.7 Å². The highest BCUT2D eigenvalue weighted by molar-refractivity contribution is 5.89. The van der Waals surface area contributed by atoms with Crippen molar-refractivity contribution >= 4 is 11.8 Å². The lowest BCUT2D eigenvalue weighted by atomic mass is 9.88. The summed E-state index contributed by atoms with van der Waals surface area (Å²) in [6.07, 6.45) is 2.36. The molecule has 3 rings (SSSR count). The van der Waals surface area contributed by atoms with Gasteiger partial charge in [0.25, 0.3) is 0 Å². The third-order valence-electron chi connectivity index (χ3n) is 5.51. The van der Waals surface area contributed by atoms with Crippen LogP contribution in [0.3, 0.4) is 0 Å². The van der Waals surface area contributed by atoms with E-state index in [4.69, 9.17) is 0 Å². The summed E-state index contributed by atoms with van der Waals surface area (Å²) in [4.78, 5) is 13.8. The molecule has 1 aliphatic carbocycles. The van der Waals surface area contributed by atoms with Gasteiger partial charge < -0.3 is 5.11 Å². The fourth-order valence-electron chi connectivity index (χ4n) is 3.76. The molecule has 0 saturated heterocycles. The van der Waals surface area contributed by atoms with Gasteiger partial charge in [-0.25, -0.2) is 4.79 Å². The number of rotatable bonds is 7. The summed E-state index contributed by atoms with van der Waals surface area (Å²) >= 11 is 0. The molecule has 3 nitrogen and oxygen atoms in total. The molecule has 2 aromatic carbocycles. The molecule has 0 aliphatic heterocycles. The van der Waals surface area contributed by atoms with Gasteiger partial charge in [0, 0.05) is 6.54 Å². The molecule has 1 saturated carbocycles. The fraction of sp³-hybridized carbons (Fsp3) is 0.435. The maximum absolute atomic E-state index is 12.2. The Kier molecular flexibility index (Phi) is 5.65. The Labute approximate surface area is 156 Å². The zero-order chi connectivity index (χ0) is 18.7. The summed E-state index contributed by atoms with van der Waals surface area (Å²) in [5.74, 6) is 1.39. The maximum atomic E-state index is 12.2. The van der Waals surface area contributed by atoms with Gasteiger partial charge in [-0.1, -0.05) is 69.3 Å². The lowest BCUT2D eigenvalue weighted by Gasteiger charge is -2.29. The summed E-state index contributed by atoms with van der Waals surface area (Å²) in [7, 11) is 0. The van der Waals surface area contributed by atoms with Crippen molar-refractivity contribution in [3.63, 3.8) is 0 Å². The highest BCUT2D eigenvalue weighted by Crippen LogP contribution is 2.46. The van der Waals surface area contributed by atoms with E-state index in [0.717, 1.165) is 23.2 Å². The Morgan fingerprint density at radius 3 is 2.27 bits per heavy atom. The molecule has 1 atom stereocenters. The number of benzene rings is 2. The number of carbonyl (C=O) groups is 1. The summed E-state index contributed by atoms with van der Waals surface area (Å²) in [6.45, 7) is 7.01. The van der Waals surface area contributed by atoms with E-state index >= 15 is 0 Å². The van der Waals surface area contributed by atoms with Crippen molar-refractivity contribution in [1.82, 2.24) is 0 Å². The normalized spacial score (nSPS) is 15.1. The van der Waals surface area contributed by atoms with Gasteiger partial charge in [0.15, 0.2) is 0 Å². The van der Waals surface area contributed by atoms with Gasteiger partial charge in [0.05, 0.1) is 5.69 Å². The number of para-hydroxylation sites is 1. The Balaban J connectivity index is 1.97. The molecule has 0 unspecified atom stereocenters. The van der Waals surface area contributed by atoms with E-state index < -0.39 is 6.09 Å². The number of nitrogens with zero attached hydrogens (tertiary/aromatic N) is 1. The van der Waals surface area contributed by atoms with Gasteiger partial charge in [-0.3, -0.25) is 4.90 Å². The highest BCUT2D eigenvalue weighted by atomic mass is 16.4. The first-order chi connectivity index (χ1) is 12.5. The number of hydrogen-bond acceptors (Lipinski definition) is 1. The summed E-state index contributed by atoms with van der Waals surface area (Å²) in [5, 5.41) is 10.00. The fourth-order valence-corrected chi connectivity index (χ4v) is 3.76. The van der Waals surface area contributed by atoms with E-state index in [1.165, 1.54) is 18.4 Å². The monoisotopic (exact) mass is 351 g/mol. The number of anilines is 1. The smallest absolute Gasteiger partial charge is 0.411 e. The number of hydrogen-bond donors (Lipinski definition) is 1. The largest absolute Gasteiger partial charge is 0.465 e. The first-order valence-electron chi connectivity index (χ1n) is 9.66. The van der Waals surface area contributed by atoms with Crippen LogP contribution in [0.15, 0.2) is 48.5 Å². The van der Waals surface area contributed by atoms with E-state index in [1.807, 2.05) is 18.2 Å². The Morgan fingerprint density at radius 2 is 1.69 bits per heavy atom. The predicted octanol–water partition coefficient (Wildman–Crippen LogP) is 6.05. The second-order valence-electron chi connectivity index (χ2n) is 7.74. The topological polar surface area (TPSA) is 40.5 Å². The second kappa shape index (κ2) is 7.94. The molecule has 0 radical (unpaired) electrons. The second-order valence-corrected chi connectivity index (χ2v) is 7.74. The van der Waals surface area contributed by atoms with Gasteiger partial charge in [-0.15, -0.1) is 0 Å². The van der Waals surface area contributed by atoms with Crippen LogP contribution in [0.5, 0.6) is 0 Å². The number of amides is 1. The van der Waals surface area contributed by atoms with Gasteiger partial charge in [0.2, 0.25) is 0 Å². The molecular formula is C23H29NO2. The Bertz CT molecular complexity index is 750. The van der Waals surface area contributed by atoms with Gasteiger partial charge in [0.1, 0.15) is 0 Å². The Hall–Kier alpha value is -2.29. The molecule has 3 heteroatoms. The SMILES string of the molecule is CC(C)c1cccc([C@@H](C)C2CC2)c1N(CCc1ccccc1)C(=O)O. The number of carboxylic acid groups (broad SMARTS) is 1. The van der Waals surface area contributed by atoms with Crippen LogP contribution in [0.4, 0.5) is 10.5 Å². The first-order valence-corrected chi connectivity index (χ1v) is 9.66. The third kappa shape index (κ3) is 4.09. The molecule has 1 N–H and O–H groups in total. The minimum Gasteiger partial charge on any atom is -0.465 e. The average molecular weight is 351 g/mol. The molecule has 1 fully saturated rings. The van der Waals surface area contributed by atoms with Crippen molar-refractivity contribution in [1.29, 1.82) is 0 Å². The van der Waals surface area contributed by atoms with Crippen molar-refractivity contribution in [3.05, 3.63) is 65.2 Å². The molecule has 0 bridgehead atoms. The molecule has 1 aliphatic rings. The van der Waals surface area contributed by atoms with Crippen molar-refractivity contribution in [3.8, 4) is 0 Å². The minimum atomic E-state index is -0.863. The lowest BCUT2D eigenvalue weighted by molar-refractivity contribution is 0.201. The van der Waals surface area contributed by atoms with Crippen LogP contribution in [0, 0.1) is 5.92 Å². The third-order valence-corrected chi connectivity index (χ3v) is 5.51. The molecule has 138 valence electrons. The Morgan fingerprint density at radius 1 is 1.04 bits per heavy atom. The van der Waals surface area contributed by atoms with E-state index in [2.05, 4.69) is 51.1 Å². The van der Waals surface area contributed by atoms with Crippen LogP contribution in [0.2, 0.25) is 0 Å². The van der Waals surface area contributed by atoms with Crippen LogP contribution >= 0.6 is 0 Å². The summed E-state index contributed by atoms with van der Waals surface area (Å²) < 4.78 is 0. The molecule has 0 aromatic heterocycles. The predicted molar refractivity (Wildman–Crippen MR) is 107 cm³/mol. The van der Waals surface area contributed by atoms with Crippen molar-refractivity contribution < 1.29 is 9.90 Å². The van der Waals surface area contributed by atoms with Crippen LogP contribution in [0.25, 0.3) is 0 Å². The highest BCUT2D eigenvalue weighted by Gasteiger charge is 2.33. The standard InChI is InChI=1S/C23H29NO2/c1-16(2)20-10-7-11-21(17(3)19-12-13-19)22(20)24(23(25)26)15-14-18-8-5-4-6-9-18/h4-11,16-17,19H,12-15H2,1-3H3,(H,25,26)/t17-/m0/s1. The first kappa shape index (κ1) is 18.5. The van der Waals surface area contributed by atoms with Crippen molar-refractivity contribution in [2.24, 2.45) is 5.92 Å². The molecule has 0 heterocycles. The quantitative estimate of drug-likeness (QED) is 0.659. The lowest BCUT2D eigenvalue weighted by Crippen LogP contribution is -2.33. The molecular weight excluding hydrogens is 322 g/mol. The maximum Gasteiger partial charge on any atom is 0.411 e. The van der Waals surface area contributed by atoms with E-state index in [9.17, 15) is 9.90 Å². The van der Waals surface area contributed by atoms with E-state index in [-0.39, 0.29) is 5.92 Å². The van der Waals surface area contributed by atoms with Crippen LogP contribution < -0.4 is 4.90 Å². The average Bonchev–Trinajstić information content (AvgIpc) is 3.47. The summed E-state index contributed by atoms with van der Waals surface area (Å²) in [6, 6.07) is 16.4. The molecule has 26 heavy (non-hydrogen) atoms. The van der Waals surface area contributed by atoms with Crippen LogP contribution in [-0.2, 0) is 6.42 Å². The molecule has 1 amide bonds. The van der Waals surface area contributed by atoms with Crippen molar-refractivity contribution in [2.75, 3.05) is 11.4 Å². The van der Waals surface area contributed by atoms with Gasteiger partial charge in [-0.05, 0) is 53.7 Å². The zero-order valence-corrected chi connectivity index (χ0v) is 16.0. The van der Waals surface area contributed by atoms with Gasteiger partial charge >= 0.3 is 6.09 Å². The van der Waals surface area contributed by atoms with Gasteiger partial charge in [-0.2, -0.15) is 0 Å². The minimum absolute atomic E-state index is 0.287. The molecule has 2 aromatic rings. The zero-order valence-electron chi connectivity index (χ0n) is 16.0. The molecule has 0 spiro atoms. The van der Waals surface area contributed by atoms with Crippen molar-refractivity contribution in [2.45, 2.75) is 51.9 Å². The summed E-state index contributed by atoms with van der Waals surface area (Å²) in [5.41, 5.74) is 4.41. The van der Waals surface area contributed by atoms with E-state index in [1.54, 1.807) is 4.90 Å².